The van der Waals surface area contributed by atoms with Gasteiger partial charge in [-0.25, -0.2) is 9.18 Å². The van der Waals surface area contributed by atoms with Crippen molar-refractivity contribution in [2.75, 3.05) is 11.4 Å². The number of halogens is 1. The normalized spacial score (nSPS) is 24.7. The van der Waals surface area contributed by atoms with E-state index >= 15 is 0 Å². The van der Waals surface area contributed by atoms with Crippen LogP contribution in [0.25, 0.3) is 0 Å². The van der Waals surface area contributed by atoms with Crippen LogP contribution in [0.15, 0.2) is 12.3 Å². The fourth-order valence-corrected chi connectivity index (χ4v) is 2.27. The number of aromatic nitrogens is 1. The number of anilines is 1. The van der Waals surface area contributed by atoms with E-state index in [1.54, 1.807) is 11.8 Å². The lowest BCUT2D eigenvalue weighted by Gasteiger charge is -2.43. The van der Waals surface area contributed by atoms with E-state index in [-0.39, 0.29) is 5.69 Å². The Morgan fingerprint density at radius 2 is 2.41 bits per heavy atom. The molecule has 1 fully saturated rings. The van der Waals surface area contributed by atoms with Crippen molar-refractivity contribution in [1.82, 2.24) is 4.98 Å². The molecule has 1 aliphatic heterocycles. The zero-order valence-corrected chi connectivity index (χ0v) is 9.61. The third-order valence-corrected chi connectivity index (χ3v) is 3.34. The number of rotatable bonds is 2. The second-order valence-corrected chi connectivity index (χ2v) is 4.44. The summed E-state index contributed by atoms with van der Waals surface area (Å²) in [6, 6.07) is 1.50. The molecule has 0 bridgehead atoms. The van der Waals surface area contributed by atoms with Crippen LogP contribution in [0.1, 0.15) is 26.2 Å². The smallest absolute Gasteiger partial charge is 0.329 e. The largest absolute Gasteiger partial charge is 0.480 e. The Balaban J connectivity index is 2.42. The monoisotopic (exact) mass is 237 g/mol. The van der Waals surface area contributed by atoms with E-state index in [9.17, 15) is 14.3 Å². The highest BCUT2D eigenvalue weighted by Gasteiger charge is 2.42. The maximum atomic E-state index is 13.6. The molecule has 17 heavy (non-hydrogen) atoms. The van der Waals surface area contributed by atoms with Gasteiger partial charge in [0.25, 0.3) is 0 Å². The second kappa shape index (κ2) is 4.31. The van der Waals surface area contributed by atoms with Gasteiger partial charge in [-0.1, -0.05) is 0 Å². The molecule has 2 heterocycles. The van der Waals surface area contributed by atoms with Crippen molar-refractivity contribution in [3.05, 3.63) is 24.3 Å². The lowest BCUT2D eigenvalue weighted by Crippen LogP contribution is -2.55. The number of carbonyl (C=O) groups is 1. The Hall–Kier alpha value is -1.65. The van der Waals surface area contributed by atoms with Gasteiger partial charge in [-0.15, -0.1) is 0 Å². The number of carboxylic acid groups (broad SMARTS) is 1. The predicted octanol–water partition coefficient (Wildman–Crippen LogP) is 1.85. The Kier molecular flexibility index (Phi) is 3.00. The highest BCUT2D eigenvalue weighted by atomic mass is 19.1. The van der Waals surface area contributed by atoms with Crippen LogP contribution >= 0.6 is 0 Å². The maximum Gasteiger partial charge on any atom is 0.329 e. The summed E-state index contributed by atoms with van der Waals surface area (Å²) in [5.41, 5.74) is -0.779. The maximum absolute atomic E-state index is 13.6. The van der Waals surface area contributed by atoms with Crippen LogP contribution in [-0.2, 0) is 4.79 Å². The molecule has 1 saturated heterocycles. The van der Waals surface area contributed by atoms with Gasteiger partial charge < -0.3 is 10.0 Å². The van der Waals surface area contributed by atoms with E-state index < -0.39 is 17.3 Å². The Labute approximate surface area is 99.1 Å². The molecule has 1 aromatic rings. The third-order valence-electron chi connectivity index (χ3n) is 3.34. The van der Waals surface area contributed by atoms with Crippen molar-refractivity contribution >= 4 is 11.7 Å². The van der Waals surface area contributed by atoms with E-state index in [1.807, 2.05) is 0 Å². The number of pyridine rings is 1. The van der Waals surface area contributed by atoms with Crippen molar-refractivity contribution < 1.29 is 14.3 Å². The number of hydrogen-bond acceptors (Lipinski definition) is 3. The summed E-state index contributed by atoms with van der Waals surface area (Å²) in [6.45, 7) is 2.17. The minimum atomic E-state index is -1.05. The van der Waals surface area contributed by atoms with Gasteiger partial charge in [-0.3, -0.25) is 4.98 Å². The molecular weight excluding hydrogens is 223 g/mol. The van der Waals surface area contributed by atoms with Crippen LogP contribution in [0.4, 0.5) is 10.1 Å². The first-order valence-electron chi connectivity index (χ1n) is 5.59. The van der Waals surface area contributed by atoms with E-state index in [2.05, 4.69) is 11.2 Å². The average molecular weight is 237 g/mol. The van der Waals surface area contributed by atoms with Crippen molar-refractivity contribution in [2.24, 2.45) is 0 Å². The third kappa shape index (κ3) is 1.97. The van der Waals surface area contributed by atoms with Crippen molar-refractivity contribution in [2.45, 2.75) is 31.7 Å². The van der Waals surface area contributed by atoms with Gasteiger partial charge in [0.1, 0.15) is 11.7 Å². The molecule has 0 aliphatic carbocycles. The van der Waals surface area contributed by atoms with E-state index in [0.717, 1.165) is 12.8 Å². The summed E-state index contributed by atoms with van der Waals surface area (Å²) in [5.74, 6) is -1.52. The molecule has 5 heteroatoms. The molecule has 0 saturated carbocycles. The molecule has 1 aromatic heterocycles. The quantitative estimate of drug-likeness (QED) is 0.853. The van der Waals surface area contributed by atoms with Crippen LogP contribution in [0, 0.1) is 12.0 Å². The number of carboxylic acids is 1. The lowest BCUT2D eigenvalue weighted by atomic mass is 9.88. The molecule has 0 spiro atoms. The molecule has 1 atom stereocenters. The van der Waals surface area contributed by atoms with Crippen molar-refractivity contribution in [1.29, 1.82) is 0 Å². The van der Waals surface area contributed by atoms with Gasteiger partial charge in [-0.05, 0) is 32.3 Å². The predicted molar refractivity (Wildman–Crippen MR) is 60.3 cm³/mol. The summed E-state index contributed by atoms with van der Waals surface area (Å²) in [6.07, 6.45) is 5.88. The Bertz CT molecular complexity index is 438. The summed E-state index contributed by atoms with van der Waals surface area (Å²) < 4.78 is 13.6. The lowest BCUT2D eigenvalue weighted by molar-refractivity contribution is -0.143. The molecule has 1 aliphatic rings. The molecule has 1 radical (unpaired) electrons. The molecule has 1 N–H and O–H groups in total. The first-order chi connectivity index (χ1) is 8.05. The van der Waals surface area contributed by atoms with Crippen LogP contribution in [0.5, 0.6) is 0 Å². The Morgan fingerprint density at radius 1 is 1.65 bits per heavy atom. The summed E-state index contributed by atoms with van der Waals surface area (Å²) in [4.78, 5) is 16.5. The van der Waals surface area contributed by atoms with Gasteiger partial charge in [0.15, 0.2) is 5.82 Å². The first kappa shape index (κ1) is 11.8. The van der Waals surface area contributed by atoms with E-state index in [0.29, 0.717) is 13.0 Å². The molecule has 91 valence electrons. The van der Waals surface area contributed by atoms with Gasteiger partial charge in [0.05, 0.1) is 5.69 Å². The van der Waals surface area contributed by atoms with Gasteiger partial charge in [-0.2, -0.15) is 0 Å². The van der Waals surface area contributed by atoms with E-state index in [1.165, 1.54) is 12.3 Å². The van der Waals surface area contributed by atoms with Crippen LogP contribution in [0.2, 0.25) is 0 Å². The van der Waals surface area contributed by atoms with Crippen molar-refractivity contribution in [3.63, 3.8) is 0 Å². The zero-order chi connectivity index (χ0) is 12.5. The molecule has 4 nitrogen and oxygen atoms in total. The fourth-order valence-electron chi connectivity index (χ4n) is 2.27. The second-order valence-electron chi connectivity index (χ2n) is 4.44. The molecule has 1 unspecified atom stereocenters. The zero-order valence-electron chi connectivity index (χ0n) is 9.61. The SMILES string of the molecule is CC1(C(=O)O)CCCCN1c1ccn[c]c1F. The first-order valence-corrected chi connectivity index (χ1v) is 5.59. The van der Waals surface area contributed by atoms with Gasteiger partial charge in [0, 0.05) is 12.7 Å². The number of nitrogens with zero attached hydrogens (tertiary/aromatic N) is 2. The van der Waals surface area contributed by atoms with Crippen LogP contribution in [0.3, 0.4) is 0 Å². The highest BCUT2D eigenvalue weighted by Crippen LogP contribution is 2.33. The summed E-state index contributed by atoms with van der Waals surface area (Å²) in [7, 11) is 0. The topological polar surface area (TPSA) is 53.4 Å². The number of piperidine rings is 1. The molecule has 0 aromatic carbocycles. The van der Waals surface area contributed by atoms with Crippen molar-refractivity contribution in [3.8, 4) is 0 Å². The van der Waals surface area contributed by atoms with E-state index in [4.69, 9.17) is 0 Å². The van der Waals surface area contributed by atoms with Gasteiger partial charge in [0.2, 0.25) is 0 Å². The summed E-state index contributed by atoms with van der Waals surface area (Å²) in [5, 5.41) is 9.33. The standard InChI is InChI=1S/C12H14FN2O2/c1-12(11(16)17)5-2-3-7-15(12)10-4-6-14-8-9(10)13/h4,6H,2-3,5,7H2,1H3,(H,16,17). The molecule has 0 amide bonds. The summed E-state index contributed by atoms with van der Waals surface area (Å²) >= 11 is 0. The number of hydrogen-bond donors (Lipinski definition) is 1. The van der Waals surface area contributed by atoms with Crippen LogP contribution < -0.4 is 4.90 Å². The minimum absolute atomic E-state index is 0.268. The average Bonchev–Trinajstić information content (AvgIpc) is 2.31. The number of aliphatic carboxylic acids is 1. The molecular formula is C12H14FN2O2. The Morgan fingerprint density at radius 3 is 3.06 bits per heavy atom. The van der Waals surface area contributed by atoms with Crippen LogP contribution in [-0.4, -0.2) is 28.1 Å². The van der Waals surface area contributed by atoms with Gasteiger partial charge >= 0.3 is 5.97 Å². The minimum Gasteiger partial charge on any atom is -0.480 e. The fraction of sp³-hybridized carbons (Fsp3) is 0.500. The molecule has 2 rings (SSSR count). The highest BCUT2D eigenvalue weighted by molar-refractivity contribution is 5.83.